The Balaban J connectivity index is 2.86. The lowest BCUT2D eigenvalue weighted by Gasteiger charge is -2.29. The number of aliphatic hydroxyl groups excluding tert-OH is 4. The van der Waals surface area contributed by atoms with Crippen LogP contribution in [0.4, 0.5) is 0 Å². The van der Waals surface area contributed by atoms with Gasteiger partial charge in [-0.2, -0.15) is 0 Å². The maximum Gasteiger partial charge on any atom is 0.0925 e. The fourth-order valence-corrected chi connectivity index (χ4v) is 2.98. The van der Waals surface area contributed by atoms with Crippen LogP contribution < -0.4 is 16.0 Å². The van der Waals surface area contributed by atoms with Crippen LogP contribution in [0.1, 0.15) is 38.2 Å². The molecule has 0 saturated carbocycles. The first-order chi connectivity index (χ1) is 13.0. The third-order valence-electron chi connectivity index (χ3n) is 4.43. The van der Waals surface area contributed by atoms with Crippen molar-refractivity contribution >= 4 is 0 Å². The lowest BCUT2D eigenvalue weighted by atomic mass is 10.0. The van der Waals surface area contributed by atoms with Crippen LogP contribution in [-0.2, 0) is 6.42 Å². The standard InChI is InChI=1S/C18H35N5O4/c1-4-19-14(10-24)16(26)7-12-8-23-13(9-22-12)17(21-6-3)18(27)15(11-25)20-5-2/h8-9,14-21,24-27H,4-7,10-11H2,1-3H3/t14-,15-,16+,17-,18-/m1/s1. The molecular formula is C18H35N5O4. The van der Waals surface area contributed by atoms with E-state index < -0.39 is 30.3 Å². The molecule has 9 nitrogen and oxygen atoms in total. The van der Waals surface area contributed by atoms with Crippen LogP contribution in [-0.4, -0.2) is 87.5 Å². The van der Waals surface area contributed by atoms with E-state index in [2.05, 4.69) is 25.9 Å². The minimum atomic E-state index is -0.881. The normalized spacial score (nSPS) is 17.3. The molecule has 27 heavy (non-hydrogen) atoms. The molecule has 0 saturated heterocycles. The highest BCUT2D eigenvalue weighted by Crippen LogP contribution is 2.17. The van der Waals surface area contributed by atoms with E-state index in [-0.39, 0.29) is 19.6 Å². The van der Waals surface area contributed by atoms with Gasteiger partial charge < -0.3 is 36.4 Å². The molecule has 0 amide bonds. The van der Waals surface area contributed by atoms with Crippen LogP contribution in [0, 0.1) is 0 Å². The van der Waals surface area contributed by atoms with Gasteiger partial charge in [-0.1, -0.05) is 20.8 Å². The Labute approximate surface area is 161 Å². The van der Waals surface area contributed by atoms with Gasteiger partial charge in [0.05, 0.1) is 61.1 Å². The van der Waals surface area contributed by atoms with Crippen molar-refractivity contribution in [2.24, 2.45) is 0 Å². The largest absolute Gasteiger partial charge is 0.395 e. The minimum absolute atomic E-state index is 0.165. The summed E-state index contributed by atoms with van der Waals surface area (Å²) in [6, 6.07) is -1.38. The highest BCUT2D eigenvalue weighted by atomic mass is 16.3. The third kappa shape index (κ3) is 7.38. The summed E-state index contributed by atoms with van der Waals surface area (Å²) in [5, 5.41) is 49.0. The number of nitrogens with one attached hydrogen (secondary N) is 3. The summed E-state index contributed by atoms with van der Waals surface area (Å²) in [5.41, 5.74) is 1.15. The lowest BCUT2D eigenvalue weighted by Crippen LogP contribution is -2.49. The number of hydrogen-bond acceptors (Lipinski definition) is 9. The van der Waals surface area contributed by atoms with E-state index in [4.69, 9.17) is 0 Å². The number of hydrogen-bond donors (Lipinski definition) is 7. The highest BCUT2D eigenvalue weighted by Gasteiger charge is 2.29. The first kappa shape index (κ1) is 23.8. The first-order valence-electron chi connectivity index (χ1n) is 9.60. The Morgan fingerprint density at radius 3 is 1.93 bits per heavy atom. The summed E-state index contributed by atoms with van der Waals surface area (Å²) in [6.07, 6.45) is 1.74. The van der Waals surface area contributed by atoms with Crippen LogP contribution >= 0.6 is 0 Å². The Hall–Kier alpha value is -1.20. The van der Waals surface area contributed by atoms with E-state index in [1.54, 1.807) is 12.4 Å². The van der Waals surface area contributed by atoms with Crippen molar-refractivity contribution in [1.82, 2.24) is 25.9 Å². The van der Waals surface area contributed by atoms with E-state index in [0.29, 0.717) is 31.0 Å². The Morgan fingerprint density at radius 1 is 0.852 bits per heavy atom. The van der Waals surface area contributed by atoms with Crippen LogP contribution in [0.15, 0.2) is 12.4 Å². The number of rotatable bonds is 14. The van der Waals surface area contributed by atoms with Gasteiger partial charge in [-0.3, -0.25) is 9.97 Å². The van der Waals surface area contributed by atoms with Gasteiger partial charge in [-0.15, -0.1) is 0 Å². The summed E-state index contributed by atoms with van der Waals surface area (Å²) >= 11 is 0. The van der Waals surface area contributed by atoms with E-state index in [0.717, 1.165) is 0 Å². The Bertz CT molecular complexity index is 505. The second-order valence-electron chi connectivity index (χ2n) is 6.42. The minimum Gasteiger partial charge on any atom is -0.395 e. The van der Waals surface area contributed by atoms with E-state index >= 15 is 0 Å². The van der Waals surface area contributed by atoms with Crippen LogP contribution in [0.25, 0.3) is 0 Å². The predicted molar refractivity (Wildman–Crippen MR) is 103 cm³/mol. The topological polar surface area (TPSA) is 143 Å². The van der Waals surface area contributed by atoms with Gasteiger partial charge >= 0.3 is 0 Å². The zero-order chi connectivity index (χ0) is 20.2. The molecule has 1 aromatic rings. The summed E-state index contributed by atoms with van der Waals surface area (Å²) in [4.78, 5) is 8.74. The molecule has 0 aromatic carbocycles. The molecule has 0 aliphatic rings. The maximum atomic E-state index is 10.6. The zero-order valence-electron chi connectivity index (χ0n) is 16.5. The van der Waals surface area contributed by atoms with Crippen molar-refractivity contribution in [3.05, 3.63) is 23.8 Å². The van der Waals surface area contributed by atoms with Crippen molar-refractivity contribution in [2.75, 3.05) is 32.8 Å². The predicted octanol–water partition coefficient (Wildman–Crippen LogP) is -1.67. The molecule has 0 radical (unpaired) electrons. The zero-order valence-corrected chi connectivity index (χ0v) is 16.5. The molecule has 0 spiro atoms. The second kappa shape index (κ2) is 13.1. The van der Waals surface area contributed by atoms with Crippen molar-refractivity contribution < 1.29 is 20.4 Å². The lowest BCUT2D eigenvalue weighted by molar-refractivity contribution is 0.0584. The summed E-state index contributed by atoms with van der Waals surface area (Å²) in [5.74, 6) is 0. The van der Waals surface area contributed by atoms with Crippen LogP contribution in [0.5, 0.6) is 0 Å². The molecule has 5 atom stereocenters. The summed E-state index contributed by atoms with van der Waals surface area (Å²) < 4.78 is 0. The van der Waals surface area contributed by atoms with Crippen molar-refractivity contribution in [3.63, 3.8) is 0 Å². The van der Waals surface area contributed by atoms with Gasteiger partial charge in [0.1, 0.15) is 0 Å². The van der Waals surface area contributed by atoms with E-state index in [9.17, 15) is 20.4 Å². The maximum absolute atomic E-state index is 10.6. The second-order valence-corrected chi connectivity index (χ2v) is 6.42. The molecule has 7 N–H and O–H groups in total. The molecule has 0 aliphatic carbocycles. The first-order valence-corrected chi connectivity index (χ1v) is 9.60. The van der Waals surface area contributed by atoms with Gasteiger partial charge in [0.25, 0.3) is 0 Å². The number of likely N-dealkylation sites (N-methyl/N-ethyl adjacent to an activating group) is 3. The van der Waals surface area contributed by atoms with Crippen LogP contribution in [0.2, 0.25) is 0 Å². The number of aromatic nitrogens is 2. The van der Waals surface area contributed by atoms with Gasteiger partial charge in [-0.05, 0) is 19.6 Å². The highest BCUT2D eigenvalue weighted by molar-refractivity contribution is 5.11. The van der Waals surface area contributed by atoms with Crippen molar-refractivity contribution in [2.45, 2.75) is 57.5 Å². The van der Waals surface area contributed by atoms with Gasteiger partial charge in [0.2, 0.25) is 0 Å². The van der Waals surface area contributed by atoms with Gasteiger partial charge in [0.15, 0.2) is 0 Å². The average Bonchev–Trinajstić information content (AvgIpc) is 2.68. The van der Waals surface area contributed by atoms with Gasteiger partial charge in [0, 0.05) is 12.6 Å². The fraction of sp³-hybridized carbons (Fsp3) is 0.778. The molecule has 1 heterocycles. The SMILES string of the molecule is CCN[C@H](c1cnc(C[C@H](O)[C@@H](CO)NCC)cn1)[C@H](O)[C@@H](CO)NCC. The van der Waals surface area contributed by atoms with Crippen molar-refractivity contribution in [1.29, 1.82) is 0 Å². The molecule has 0 bridgehead atoms. The molecule has 156 valence electrons. The van der Waals surface area contributed by atoms with E-state index in [1.165, 1.54) is 0 Å². The fourth-order valence-electron chi connectivity index (χ4n) is 2.98. The smallest absolute Gasteiger partial charge is 0.0925 e. The average molecular weight is 386 g/mol. The molecular weight excluding hydrogens is 350 g/mol. The molecule has 0 aliphatic heterocycles. The van der Waals surface area contributed by atoms with Crippen LogP contribution in [0.3, 0.4) is 0 Å². The number of nitrogens with zero attached hydrogens (tertiary/aromatic N) is 2. The molecule has 0 unspecified atom stereocenters. The summed E-state index contributed by atoms with van der Waals surface area (Å²) in [7, 11) is 0. The third-order valence-corrected chi connectivity index (χ3v) is 4.43. The molecule has 1 rings (SSSR count). The quantitative estimate of drug-likeness (QED) is 0.200. The monoisotopic (exact) mass is 385 g/mol. The number of aliphatic hydroxyl groups is 4. The van der Waals surface area contributed by atoms with Gasteiger partial charge in [-0.25, -0.2) is 0 Å². The Kier molecular flexibility index (Phi) is 11.5. The molecule has 1 aromatic heterocycles. The van der Waals surface area contributed by atoms with E-state index in [1.807, 2.05) is 20.8 Å². The van der Waals surface area contributed by atoms with Crippen molar-refractivity contribution in [3.8, 4) is 0 Å². The Morgan fingerprint density at radius 2 is 1.44 bits per heavy atom. The summed E-state index contributed by atoms with van der Waals surface area (Å²) in [6.45, 7) is 7.27. The molecule has 0 fully saturated rings. The molecule has 9 heteroatoms.